The number of rotatable bonds is 23. The molecule has 3 nitrogen and oxygen atoms in total. The summed E-state index contributed by atoms with van der Waals surface area (Å²) in [6.45, 7) is 10.1. The number of unbranched alkanes of at least 4 members (excludes halogenated alkanes) is 11. The van der Waals surface area contributed by atoms with Crippen molar-refractivity contribution in [2.75, 3.05) is 26.1 Å². The molecule has 0 bridgehead atoms. The van der Waals surface area contributed by atoms with Crippen molar-refractivity contribution >= 4 is 23.8 Å². The molecule has 0 saturated heterocycles. The molecule has 0 spiro atoms. The van der Waals surface area contributed by atoms with Crippen molar-refractivity contribution in [2.45, 2.75) is 97.3 Å². The van der Waals surface area contributed by atoms with Crippen LogP contribution in [0.15, 0.2) is 67.3 Å². The van der Waals surface area contributed by atoms with E-state index in [1.165, 1.54) is 70.6 Å². The average Bonchev–Trinajstić information content (AvgIpc) is 3.00. The van der Waals surface area contributed by atoms with Crippen LogP contribution >= 0.6 is 12.6 Å². The minimum atomic E-state index is 0.702. The maximum absolute atomic E-state index is 6.25. The second kappa shape index (κ2) is 22.1. The van der Waals surface area contributed by atoms with Gasteiger partial charge in [0.05, 0.1) is 20.3 Å². The van der Waals surface area contributed by atoms with Crippen molar-refractivity contribution in [3.63, 3.8) is 0 Å². The molecule has 0 radical (unpaired) electrons. The summed E-state index contributed by atoms with van der Waals surface area (Å²) < 4.78 is 17.6. The molecule has 226 valence electrons. The van der Waals surface area contributed by atoms with Gasteiger partial charge < -0.3 is 14.2 Å². The van der Waals surface area contributed by atoms with Gasteiger partial charge in [-0.25, -0.2) is 0 Å². The maximum atomic E-state index is 6.25. The Morgan fingerprint density at radius 3 is 1.93 bits per heavy atom. The number of allylic oxidation sites excluding steroid dienone is 5. The van der Waals surface area contributed by atoms with E-state index >= 15 is 0 Å². The van der Waals surface area contributed by atoms with Crippen molar-refractivity contribution in [3.8, 4) is 17.2 Å². The van der Waals surface area contributed by atoms with Gasteiger partial charge in [0.25, 0.3) is 0 Å². The zero-order chi connectivity index (χ0) is 29.5. The number of thiol groups is 1. The fourth-order valence-corrected chi connectivity index (χ4v) is 4.97. The van der Waals surface area contributed by atoms with Crippen molar-refractivity contribution in [1.82, 2.24) is 0 Å². The Kier molecular flexibility index (Phi) is 18.6. The molecular weight excluding hydrogens is 524 g/mol. The van der Waals surface area contributed by atoms with Crippen molar-refractivity contribution in [1.29, 1.82) is 0 Å². The van der Waals surface area contributed by atoms with E-state index in [0.29, 0.717) is 6.61 Å². The summed E-state index contributed by atoms with van der Waals surface area (Å²) in [5.74, 6) is 3.56. The molecule has 0 fully saturated rings. The molecular formula is C37H54O3S. The highest BCUT2D eigenvalue weighted by Crippen LogP contribution is 2.31. The van der Waals surface area contributed by atoms with Crippen LogP contribution in [-0.2, 0) is 0 Å². The Labute approximate surface area is 256 Å². The quantitative estimate of drug-likeness (QED) is 0.0807. The summed E-state index contributed by atoms with van der Waals surface area (Å²) in [5.41, 5.74) is 4.19. The van der Waals surface area contributed by atoms with Gasteiger partial charge in [-0.1, -0.05) is 108 Å². The zero-order valence-corrected chi connectivity index (χ0v) is 26.9. The van der Waals surface area contributed by atoms with Crippen LogP contribution in [0.1, 0.15) is 108 Å². The van der Waals surface area contributed by atoms with Crippen LogP contribution in [0, 0.1) is 0 Å². The van der Waals surface area contributed by atoms with E-state index in [4.69, 9.17) is 14.2 Å². The highest BCUT2D eigenvalue weighted by atomic mass is 32.1. The molecule has 2 aromatic rings. The lowest BCUT2D eigenvalue weighted by molar-refractivity contribution is 0.301. The molecule has 0 amide bonds. The number of ether oxygens (including phenoxy) is 3. The number of hydrogen-bond acceptors (Lipinski definition) is 4. The number of benzene rings is 2. The number of methoxy groups -OCH3 is 1. The fourth-order valence-electron chi connectivity index (χ4n) is 4.75. The predicted molar refractivity (Wildman–Crippen MR) is 182 cm³/mol. The van der Waals surface area contributed by atoms with Gasteiger partial charge in [0, 0.05) is 11.6 Å². The Hall–Kier alpha value is -2.59. The second-order valence-electron chi connectivity index (χ2n) is 10.7. The summed E-state index contributed by atoms with van der Waals surface area (Å²) in [6, 6.07) is 14.3. The minimum absolute atomic E-state index is 0.702. The van der Waals surface area contributed by atoms with Crippen molar-refractivity contribution in [2.24, 2.45) is 0 Å². The SMILES string of the molecule is C=C(/C=C\C(=C/C)c1ccc(OCCCCC)cc1)c1ccc(OC)cc1OCCCCCCCCCCCCS. The molecule has 0 saturated carbocycles. The van der Waals surface area contributed by atoms with Gasteiger partial charge in [-0.05, 0) is 72.9 Å². The Balaban J connectivity index is 1.85. The van der Waals surface area contributed by atoms with Gasteiger partial charge in [0.2, 0.25) is 0 Å². The van der Waals surface area contributed by atoms with Crippen LogP contribution in [0.3, 0.4) is 0 Å². The molecule has 0 aliphatic heterocycles. The summed E-state index contributed by atoms with van der Waals surface area (Å²) >= 11 is 4.29. The Morgan fingerprint density at radius 2 is 1.32 bits per heavy atom. The molecule has 0 atom stereocenters. The predicted octanol–water partition coefficient (Wildman–Crippen LogP) is 11.1. The van der Waals surface area contributed by atoms with Gasteiger partial charge in [-0.15, -0.1) is 0 Å². The largest absolute Gasteiger partial charge is 0.497 e. The lowest BCUT2D eigenvalue weighted by Crippen LogP contribution is -2.00. The molecule has 0 aromatic heterocycles. The first-order valence-electron chi connectivity index (χ1n) is 15.8. The highest BCUT2D eigenvalue weighted by molar-refractivity contribution is 7.80. The summed E-state index contributed by atoms with van der Waals surface area (Å²) in [6.07, 6.45) is 22.7. The second-order valence-corrected chi connectivity index (χ2v) is 11.1. The van der Waals surface area contributed by atoms with Crippen LogP contribution in [0.25, 0.3) is 11.1 Å². The normalized spacial score (nSPS) is 11.7. The van der Waals surface area contributed by atoms with E-state index in [-0.39, 0.29) is 0 Å². The number of hydrogen-bond donors (Lipinski definition) is 1. The van der Waals surface area contributed by atoms with Gasteiger partial charge in [0.15, 0.2) is 0 Å². The molecule has 0 aliphatic rings. The topological polar surface area (TPSA) is 27.7 Å². The van der Waals surface area contributed by atoms with E-state index < -0.39 is 0 Å². The van der Waals surface area contributed by atoms with E-state index in [2.05, 4.69) is 75.5 Å². The first kappa shape index (κ1) is 34.6. The molecule has 0 aliphatic carbocycles. The monoisotopic (exact) mass is 578 g/mol. The molecule has 0 N–H and O–H groups in total. The first-order chi connectivity index (χ1) is 20.1. The smallest absolute Gasteiger partial charge is 0.130 e. The standard InChI is InChI=1S/C37H54O3S/c1-5-7-16-27-39-34-23-21-33(22-24-34)32(6-2)20-19-31(3)36-26-25-35(38-4)30-37(36)40-28-17-14-12-10-8-9-11-13-15-18-29-41/h6,19-26,30,41H,3,5,7-18,27-29H2,1-2,4H3/b20-19-,32-6+. The molecule has 2 aromatic carbocycles. The zero-order valence-electron chi connectivity index (χ0n) is 26.0. The van der Waals surface area contributed by atoms with Crippen LogP contribution in [0.4, 0.5) is 0 Å². The summed E-state index contributed by atoms with van der Waals surface area (Å²) in [7, 11) is 1.69. The van der Waals surface area contributed by atoms with Crippen LogP contribution in [0.2, 0.25) is 0 Å². The van der Waals surface area contributed by atoms with E-state index in [1.54, 1.807) is 7.11 Å². The van der Waals surface area contributed by atoms with Crippen molar-refractivity contribution < 1.29 is 14.2 Å². The third-order valence-corrected chi connectivity index (χ3v) is 7.64. The third-order valence-electron chi connectivity index (χ3n) is 7.32. The van der Waals surface area contributed by atoms with Crippen LogP contribution < -0.4 is 14.2 Å². The molecule has 2 rings (SSSR count). The van der Waals surface area contributed by atoms with E-state index in [9.17, 15) is 0 Å². The minimum Gasteiger partial charge on any atom is -0.497 e. The first-order valence-corrected chi connectivity index (χ1v) is 16.4. The van der Waals surface area contributed by atoms with E-state index in [0.717, 1.165) is 64.7 Å². The third kappa shape index (κ3) is 14.2. The van der Waals surface area contributed by atoms with Gasteiger partial charge in [-0.2, -0.15) is 12.6 Å². The van der Waals surface area contributed by atoms with E-state index in [1.807, 2.05) is 18.2 Å². The molecule has 41 heavy (non-hydrogen) atoms. The Morgan fingerprint density at radius 1 is 0.732 bits per heavy atom. The summed E-state index contributed by atoms with van der Waals surface area (Å²) in [4.78, 5) is 0. The van der Waals surface area contributed by atoms with Gasteiger partial charge in [0.1, 0.15) is 17.2 Å². The highest BCUT2D eigenvalue weighted by Gasteiger charge is 2.09. The summed E-state index contributed by atoms with van der Waals surface area (Å²) in [5, 5.41) is 0. The van der Waals surface area contributed by atoms with Gasteiger partial charge in [-0.3, -0.25) is 0 Å². The lowest BCUT2D eigenvalue weighted by atomic mass is 10.0. The average molecular weight is 579 g/mol. The van der Waals surface area contributed by atoms with Crippen molar-refractivity contribution in [3.05, 3.63) is 78.4 Å². The lowest BCUT2D eigenvalue weighted by Gasteiger charge is -2.14. The van der Waals surface area contributed by atoms with Crippen LogP contribution in [0.5, 0.6) is 17.2 Å². The molecule has 4 heteroatoms. The fraction of sp³-hybridized carbons (Fsp3) is 0.514. The van der Waals surface area contributed by atoms with Crippen LogP contribution in [-0.4, -0.2) is 26.1 Å². The Bertz CT molecular complexity index is 1040. The molecule has 0 heterocycles. The maximum Gasteiger partial charge on any atom is 0.130 e. The molecule has 0 unspecified atom stereocenters. The van der Waals surface area contributed by atoms with Gasteiger partial charge >= 0.3 is 0 Å².